The Balaban J connectivity index is 2.13. The third kappa shape index (κ3) is 4.21. The molecule has 1 amide bonds. The molecule has 0 N–H and O–H groups in total. The summed E-state index contributed by atoms with van der Waals surface area (Å²) in [6, 6.07) is -0.398. The highest BCUT2D eigenvalue weighted by Crippen LogP contribution is 2.31. The predicted octanol–water partition coefficient (Wildman–Crippen LogP) is 3.13. The Morgan fingerprint density at radius 2 is 1.87 bits per heavy atom. The van der Waals surface area contributed by atoms with Crippen LogP contribution in [0.5, 0.6) is 0 Å². The van der Waals surface area contributed by atoms with Crippen LogP contribution >= 0.6 is 0 Å². The Hall–Kier alpha value is -1.65. The highest BCUT2D eigenvalue weighted by molar-refractivity contribution is 6.05. The van der Waals surface area contributed by atoms with Crippen molar-refractivity contribution < 1.29 is 19.1 Å². The number of carbonyl (C=O) groups is 3. The Morgan fingerprint density at radius 1 is 1.26 bits per heavy atom. The molecule has 0 spiro atoms. The molecule has 1 aliphatic carbocycles. The lowest BCUT2D eigenvalue weighted by Crippen LogP contribution is -2.53. The maximum Gasteiger partial charge on any atom is 0.410 e. The molecule has 0 aromatic heterocycles. The number of carbonyl (C=O) groups excluding carboxylic acids is 3. The van der Waals surface area contributed by atoms with E-state index < -0.39 is 23.7 Å². The molecule has 2 aliphatic rings. The second-order valence-electron chi connectivity index (χ2n) is 7.54. The fourth-order valence-corrected chi connectivity index (χ4v) is 3.38. The van der Waals surface area contributed by atoms with Crippen molar-refractivity contribution in [3.05, 3.63) is 12.7 Å². The van der Waals surface area contributed by atoms with E-state index in [-0.39, 0.29) is 30.4 Å². The third-order valence-corrected chi connectivity index (χ3v) is 4.58. The van der Waals surface area contributed by atoms with Crippen molar-refractivity contribution in [2.24, 2.45) is 11.8 Å². The normalized spacial score (nSPS) is 26.2. The third-order valence-electron chi connectivity index (χ3n) is 4.58. The van der Waals surface area contributed by atoms with E-state index in [0.717, 1.165) is 25.7 Å². The van der Waals surface area contributed by atoms with E-state index in [9.17, 15) is 14.4 Å². The van der Waals surface area contributed by atoms with Gasteiger partial charge in [0.15, 0.2) is 0 Å². The average Bonchev–Trinajstić information content (AvgIpc) is 2.98. The number of nitrogens with zero attached hydrogens (tertiary/aromatic N) is 1. The smallest absolute Gasteiger partial charge is 0.410 e. The van der Waals surface area contributed by atoms with Crippen LogP contribution < -0.4 is 0 Å². The first-order valence-corrected chi connectivity index (χ1v) is 8.41. The molecule has 5 heteroatoms. The van der Waals surface area contributed by atoms with Crippen LogP contribution in [0.15, 0.2) is 12.7 Å². The zero-order valence-corrected chi connectivity index (χ0v) is 14.3. The number of rotatable bonds is 3. The maximum atomic E-state index is 12.6. The van der Waals surface area contributed by atoms with Crippen molar-refractivity contribution in [3.63, 3.8) is 0 Å². The standard InChI is InChI=1S/C18H27NO4/c1-5-13-10-15(20)14(16(21)12-8-6-7-9-12)11-19(13)17(22)23-18(2,3)4/h5,12-14H,1,6-11H2,2-4H3/t13-,14?/m1/s1. The van der Waals surface area contributed by atoms with E-state index in [4.69, 9.17) is 4.74 Å². The van der Waals surface area contributed by atoms with E-state index in [1.54, 1.807) is 26.8 Å². The van der Waals surface area contributed by atoms with Gasteiger partial charge in [0.25, 0.3) is 0 Å². The lowest BCUT2D eigenvalue weighted by Gasteiger charge is -2.38. The monoisotopic (exact) mass is 321 g/mol. The van der Waals surface area contributed by atoms with E-state index in [1.165, 1.54) is 4.90 Å². The van der Waals surface area contributed by atoms with Crippen molar-refractivity contribution in [2.75, 3.05) is 6.54 Å². The van der Waals surface area contributed by atoms with Gasteiger partial charge in [0, 0.05) is 18.9 Å². The number of piperidine rings is 1. The summed E-state index contributed by atoms with van der Waals surface area (Å²) in [6.07, 6.45) is 5.05. The first-order valence-electron chi connectivity index (χ1n) is 8.41. The Kier molecular flexibility index (Phi) is 5.27. The summed E-state index contributed by atoms with van der Waals surface area (Å²) < 4.78 is 5.41. The van der Waals surface area contributed by atoms with Gasteiger partial charge in [-0.05, 0) is 33.6 Å². The quantitative estimate of drug-likeness (QED) is 0.592. The number of Topliss-reactive ketones (excluding diaryl/α,β-unsaturated/α-hetero) is 2. The molecule has 1 unspecified atom stereocenters. The Labute approximate surface area is 138 Å². The van der Waals surface area contributed by atoms with Gasteiger partial charge in [-0.15, -0.1) is 6.58 Å². The maximum absolute atomic E-state index is 12.6. The molecular weight excluding hydrogens is 294 g/mol. The van der Waals surface area contributed by atoms with Crippen molar-refractivity contribution in [1.29, 1.82) is 0 Å². The molecule has 1 aliphatic heterocycles. The van der Waals surface area contributed by atoms with Gasteiger partial charge in [-0.25, -0.2) is 4.79 Å². The Bertz CT molecular complexity index is 500. The fourth-order valence-electron chi connectivity index (χ4n) is 3.38. The molecule has 128 valence electrons. The molecule has 0 aromatic rings. The molecule has 2 atom stereocenters. The largest absolute Gasteiger partial charge is 0.444 e. The van der Waals surface area contributed by atoms with E-state index >= 15 is 0 Å². The van der Waals surface area contributed by atoms with Crippen LogP contribution in [0.3, 0.4) is 0 Å². The SMILES string of the molecule is C=C[C@@H]1CC(=O)C(C(=O)C2CCCC2)CN1C(=O)OC(C)(C)C. The first kappa shape index (κ1) is 17.7. The van der Waals surface area contributed by atoms with Gasteiger partial charge in [0.1, 0.15) is 17.2 Å². The lowest BCUT2D eigenvalue weighted by molar-refractivity contribution is -0.138. The van der Waals surface area contributed by atoms with Gasteiger partial charge in [-0.2, -0.15) is 0 Å². The average molecular weight is 321 g/mol. The minimum Gasteiger partial charge on any atom is -0.444 e. The predicted molar refractivity (Wildman–Crippen MR) is 87.0 cm³/mol. The second kappa shape index (κ2) is 6.85. The van der Waals surface area contributed by atoms with Gasteiger partial charge in [0.05, 0.1) is 12.0 Å². The fraction of sp³-hybridized carbons (Fsp3) is 0.722. The molecule has 23 heavy (non-hydrogen) atoms. The van der Waals surface area contributed by atoms with Crippen LogP contribution in [-0.4, -0.2) is 40.7 Å². The van der Waals surface area contributed by atoms with Gasteiger partial charge >= 0.3 is 6.09 Å². The van der Waals surface area contributed by atoms with Gasteiger partial charge < -0.3 is 9.64 Å². The summed E-state index contributed by atoms with van der Waals surface area (Å²) in [4.78, 5) is 38.9. The zero-order valence-electron chi connectivity index (χ0n) is 14.3. The van der Waals surface area contributed by atoms with Crippen molar-refractivity contribution in [2.45, 2.75) is 64.5 Å². The summed E-state index contributed by atoms with van der Waals surface area (Å²) >= 11 is 0. The van der Waals surface area contributed by atoms with Crippen molar-refractivity contribution in [3.8, 4) is 0 Å². The first-order chi connectivity index (χ1) is 10.7. The van der Waals surface area contributed by atoms with E-state index in [0.29, 0.717) is 0 Å². The molecular formula is C18H27NO4. The van der Waals surface area contributed by atoms with Gasteiger partial charge in [-0.3, -0.25) is 9.59 Å². The second-order valence-corrected chi connectivity index (χ2v) is 7.54. The number of hydrogen-bond donors (Lipinski definition) is 0. The highest BCUT2D eigenvalue weighted by Gasteiger charge is 2.42. The van der Waals surface area contributed by atoms with Crippen LogP contribution in [0, 0.1) is 11.8 Å². The molecule has 1 heterocycles. The lowest BCUT2D eigenvalue weighted by atomic mass is 9.83. The van der Waals surface area contributed by atoms with Crippen LogP contribution in [0.4, 0.5) is 4.79 Å². The number of amides is 1. The number of ether oxygens (including phenoxy) is 1. The molecule has 2 fully saturated rings. The topological polar surface area (TPSA) is 63.7 Å². The minimum atomic E-state index is -0.707. The molecule has 0 aromatic carbocycles. The summed E-state index contributed by atoms with van der Waals surface area (Å²) in [5.41, 5.74) is -0.616. The summed E-state index contributed by atoms with van der Waals surface area (Å²) in [5, 5.41) is 0. The molecule has 1 saturated carbocycles. The molecule has 5 nitrogen and oxygen atoms in total. The number of likely N-dealkylation sites (tertiary alicyclic amines) is 1. The molecule has 1 saturated heterocycles. The summed E-state index contributed by atoms with van der Waals surface area (Å²) in [5.74, 6) is -0.804. The van der Waals surface area contributed by atoms with Crippen molar-refractivity contribution in [1.82, 2.24) is 4.90 Å². The van der Waals surface area contributed by atoms with Crippen LogP contribution in [0.1, 0.15) is 52.9 Å². The molecule has 0 radical (unpaired) electrons. The number of hydrogen-bond acceptors (Lipinski definition) is 4. The summed E-state index contributed by atoms with van der Waals surface area (Å²) in [6.45, 7) is 9.21. The van der Waals surface area contributed by atoms with Crippen molar-refractivity contribution >= 4 is 17.7 Å². The van der Waals surface area contributed by atoms with Gasteiger partial charge in [0.2, 0.25) is 0 Å². The van der Waals surface area contributed by atoms with E-state index in [1.807, 2.05) is 0 Å². The molecule has 0 bridgehead atoms. The Morgan fingerprint density at radius 3 is 2.39 bits per heavy atom. The van der Waals surface area contributed by atoms with E-state index in [2.05, 4.69) is 6.58 Å². The van der Waals surface area contributed by atoms with Crippen LogP contribution in [0.25, 0.3) is 0 Å². The zero-order chi connectivity index (χ0) is 17.2. The minimum absolute atomic E-state index is 0.00331. The molecule has 2 rings (SSSR count). The summed E-state index contributed by atoms with van der Waals surface area (Å²) in [7, 11) is 0. The number of ketones is 2. The van der Waals surface area contributed by atoms with Gasteiger partial charge in [-0.1, -0.05) is 18.9 Å². The van der Waals surface area contributed by atoms with Crippen LogP contribution in [-0.2, 0) is 14.3 Å². The highest BCUT2D eigenvalue weighted by atomic mass is 16.6. The van der Waals surface area contributed by atoms with Crippen LogP contribution in [0.2, 0.25) is 0 Å².